The summed E-state index contributed by atoms with van der Waals surface area (Å²) in [6, 6.07) is 0. The minimum absolute atomic E-state index is 0.128. The fourth-order valence-corrected chi connectivity index (χ4v) is 2.76. The molecule has 0 amide bonds. The SMILES string of the molecule is CC(=O)OC[C@H]1C[C@H]2CCC[C@H]21. The molecule has 2 saturated carbocycles. The van der Waals surface area contributed by atoms with E-state index in [9.17, 15) is 4.79 Å². The standard InChI is InChI=1S/C10H16O2/c1-7(11)12-6-9-5-8-3-2-4-10(8)9/h8-10H,2-6H2,1H3/t8-,9-,10-/m1/s1. The van der Waals surface area contributed by atoms with Crippen LogP contribution in [0.2, 0.25) is 0 Å². The van der Waals surface area contributed by atoms with E-state index in [1.807, 2.05) is 0 Å². The molecule has 0 bridgehead atoms. The molecule has 68 valence electrons. The second-order valence-electron chi connectivity index (χ2n) is 4.15. The van der Waals surface area contributed by atoms with Crippen LogP contribution in [0, 0.1) is 17.8 Å². The number of hydrogen-bond acceptors (Lipinski definition) is 2. The zero-order chi connectivity index (χ0) is 8.55. The van der Waals surface area contributed by atoms with Crippen molar-refractivity contribution in [1.82, 2.24) is 0 Å². The Hall–Kier alpha value is -0.530. The van der Waals surface area contributed by atoms with E-state index in [1.54, 1.807) is 0 Å². The van der Waals surface area contributed by atoms with Gasteiger partial charge in [0, 0.05) is 6.92 Å². The highest BCUT2D eigenvalue weighted by molar-refractivity contribution is 5.65. The summed E-state index contributed by atoms with van der Waals surface area (Å²) in [6.45, 7) is 2.17. The number of fused-ring (bicyclic) bond motifs is 1. The Kier molecular flexibility index (Phi) is 2.07. The van der Waals surface area contributed by atoms with Gasteiger partial charge < -0.3 is 4.74 Å². The Labute approximate surface area is 73.3 Å². The van der Waals surface area contributed by atoms with Crippen molar-refractivity contribution in [2.75, 3.05) is 6.61 Å². The minimum atomic E-state index is -0.128. The molecule has 12 heavy (non-hydrogen) atoms. The summed E-state index contributed by atoms with van der Waals surface area (Å²) in [5.41, 5.74) is 0. The van der Waals surface area contributed by atoms with Crippen LogP contribution in [0.4, 0.5) is 0 Å². The summed E-state index contributed by atoms with van der Waals surface area (Å²) >= 11 is 0. The molecule has 2 rings (SSSR count). The summed E-state index contributed by atoms with van der Waals surface area (Å²) < 4.78 is 5.02. The van der Waals surface area contributed by atoms with Crippen LogP contribution in [0.5, 0.6) is 0 Å². The Balaban J connectivity index is 1.74. The molecule has 0 radical (unpaired) electrons. The average molecular weight is 168 g/mol. The van der Waals surface area contributed by atoms with E-state index in [1.165, 1.54) is 32.6 Å². The molecule has 0 aliphatic heterocycles. The van der Waals surface area contributed by atoms with Gasteiger partial charge in [-0.3, -0.25) is 4.79 Å². The van der Waals surface area contributed by atoms with Crippen LogP contribution in [-0.2, 0) is 9.53 Å². The van der Waals surface area contributed by atoms with Crippen LogP contribution in [-0.4, -0.2) is 12.6 Å². The first-order chi connectivity index (χ1) is 5.77. The summed E-state index contributed by atoms with van der Waals surface area (Å²) in [5.74, 6) is 2.44. The van der Waals surface area contributed by atoms with Crippen LogP contribution in [0.25, 0.3) is 0 Å². The number of rotatable bonds is 2. The van der Waals surface area contributed by atoms with Crippen molar-refractivity contribution in [2.45, 2.75) is 32.6 Å². The van der Waals surface area contributed by atoms with Crippen LogP contribution in [0.15, 0.2) is 0 Å². The second kappa shape index (κ2) is 3.08. The Bertz CT molecular complexity index is 188. The smallest absolute Gasteiger partial charge is 0.302 e. The number of carbonyl (C=O) groups excluding carboxylic acids is 1. The predicted molar refractivity (Wildman–Crippen MR) is 45.6 cm³/mol. The lowest BCUT2D eigenvalue weighted by Crippen LogP contribution is -2.36. The Morgan fingerprint density at radius 2 is 2.33 bits per heavy atom. The first-order valence-corrected chi connectivity index (χ1v) is 4.90. The molecule has 2 fully saturated rings. The highest BCUT2D eigenvalue weighted by atomic mass is 16.5. The zero-order valence-corrected chi connectivity index (χ0v) is 7.58. The van der Waals surface area contributed by atoms with Crippen molar-refractivity contribution < 1.29 is 9.53 Å². The van der Waals surface area contributed by atoms with Crippen LogP contribution in [0.3, 0.4) is 0 Å². The van der Waals surface area contributed by atoms with E-state index >= 15 is 0 Å². The number of carbonyl (C=O) groups is 1. The van der Waals surface area contributed by atoms with Crippen molar-refractivity contribution in [1.29, 1.82) is 0 Å². The highest BCUT2D eigenvalue weighted by Gasteiger charge is 2.43. The van der Waals surface area contributed by atoms with E-state index in [4.69, 9.17) is 4.74 Å². The van der Waals surface area contributed by atoms with Gasteiger partial charge in [-0.05, 0) is 30.6 Å². The Morgan fingerprint density at radius 1 is 1.50 bits per heavy atom. The molecule has 0 spiro atoms. The summed E-state index contributed by atoms with van der Waals surface area (Å²) in [7, 11) is 0. The molecule has 0 N–H and O–H groups in total. The van der Waals surface area contributed by atoms with Crippen LogP contribution >= 0.6 is 0 Å². The maximum absolute atomic E-state index is 10.6. The molecule has 2 aliphatic rings. The Morgan fingerprint density at radius 3 is 3.00 bits per heavy atom. The van der Waals surface area contributed by atoms with Gasteiger partial charge in [-0.1, -0.05) is 12.8 Å². The topological polar surface area (TPSA) is 26.3 Å². The molecule has 0 heterocycles. The maximum atomic E-state index is 10.6. The van der Waals surface area contributed by atoms with E-state index in [-0.39, 0.29) is 5.97 Å². The molecular weight excluding hydrogens is 152 g/mol. The fourth-order valence-electron chi connectivity index (χ4n) is 2.76. The van der Waals surface area contributed by atoms with Gasteiger partial charge in [-0.25, -0.2) is 0 Å². The molecule has 0 unspecified atom stereocenters. The van der Waals surface area contributed by atoms with E-state index < -0.39 is 0 Å². The third kappa shape index (κ3) is 1.35. The number of ether oxygens (including phenoxy) is 1. The van der Waals surface area contributed by atoms with E-state index in [2.05, 4.69) is 0 Å². The van der Waals surface area contributed by atoms with Gasteiger partial charge in [-0.15, -0.1) is 0 Å². The highest BCUT2D eigenvalue weighted by Crippen LogP contribution is 2.50. The van der Waals surface area contributed by atoms with Gasteiger partial charge in [0.15, 0.2) is 0 Å². The van der Waals surface area contributed by atoms with Crippen molar-refractivity contribution in [3.05, 3.63) is 0 Å². The lowest BCUT2D eigenvalue weighted by Gasteiger charge is -2.39. The zero-order valence-electron chi connectivity index (χ0n) is 7.58. The van der Waals surface area contributed by atoms with Crippen molar-refractivity contribution in [3.8, 4) is 0 Å². The monoisotopic (exact) mass is 168 g/mol. The summed E-state index contributed by atoms with van der Waals surface area (Å²) in [6.07, 6.45) is 5.49. The molecule has 0 aromatic carbocycles. The second-order valence-corrected chi connectivity index (χ2v) is 4.15. The molecule has 2 nitrogen and oxygen atoms in total. The third-order valence-electron chi connectivity index (χ3n) is 3.43. The molecule has 0 aromatic heterocycles. The van der Waals surface area contributed by atoms with E-state index in [0.29, 0.717) is 12.5 Å². The van der Waals surface area contributed by atoms with Crippen molar-refractivity contribution in [3.63, 3.8) is 0 Å². The van der Waals surface area contributed by atoms with Gasteiger partial charge >= 0.3 is 5.97 Å². The normalized spacial score (nSPS) is 38.6. The van der Waals surface area contributed by atoms with Crippen LogP contribution in [0.1, 0.15) is 32.6 Å². The van der Waals surface area contributed by atoms with Crippen LogP contribution < -0.4 is 0 Å². The minimum Gasteiger partial charge on any atom is -0.466 e. The van der Waals surface area contributed by atoms with Crippen molar-refractivity contribution in [2.24, 2.45) is 17.8 Å². The first kappa shape index (κ1) is 8.09. The number of esters is 1. The first-order valence-electron chi connectivity index (χ1n) is 4.90. The largest absolute Gasteiger partial charge is 0.466 e. The van der Waals surface area contributed by atoms with E-state index in [0.717, 1.165) is 11.8 Å². The summed E-state index contributed by atoms with van der Waals surface area (Å²) in [5, 5.41) is 0. The molecule has 0 saturated heterocycles. The van der Waals surface area contributed by atoms with Gasteiger partial charge in [0.05, 0.1) is 6.61 Å². The molecule has 2 aliphatic carbocycles. The lowest BCUT2D eigenvalue weighted by molar-refractivity contribution is -0.145. The van der Waals surface area contributed by atoms with Gasteiger partial charge in [-0.2, -0.15) is 0 Å². The average Bonchev–Trinajstić information content (AvgIpc) is 2.32. The quantitative estimate of drug-likeness (QED) is 0.589. The molecule has 0 aromatic rings. The molecule has 2 heteroatoms. The number of hydrogen-bond donors (Lipinski definition) is 0. The molecule has 3 atom stereocenters. The van der Waals surface area contributed by atoms with Gasteiger partial charge in [0.2, 0.25) is 0 Å². The fraction of sp³-hybridized carbons (Fsp3) is 0.900. The van der Waals surface area contributed by atoms with Gasteiger partial charge in [0.1, 0.15) is 0 Å². The summed E-state index contributed by atoms with van der Waals surface area (Å²) in [4.78, 5) is 10.6. The maximum Gasteiger partial charge on any atom is 0.302 e. The predicted octanol–water partition coefficient (Wildman–Crippen LogP) is 1.99. The molecular formula is C10H16O2. The van der Waals surface area contributed by atoms with Crippen molar-refractivity contribution >= 4 is 5.97 Å². The van der Waals surface area contributed by atoms with Gasteiger partial charge in [0.25, 0.3) is 0 Å². The third-order valence-corrected chi connectivity index (χ3v) is 3.43. The lowest BCUT2D eigenvalue weighted by atomic mass is 9.67.